The third-order valence-electron chi connectivity index (χ3n) is 2.81. The van der Waals surface area contributed by atoms with E-state index in [1.807, 2.05) is 6.07 Å². The van der Waals surface area contributed by atoms with Gasteiger partial charge >= 0.3 is 0 Å². The first-order valence-corrected chi connectivity index (χ1v) is 6.42. The smallest absolute Gasteiger partial charge is 0.142 e. The van der Waals surface area contributed by atoms with Crippen LogP contribution in [-0.2, 0) is 6.54 Å². The molecule has 0 aliphatic rings. The van der Waals surface area contributed by atoms with Gasteiger partial charge in [0.2, 0.25) is 0 Å². The molecular weight excluding hydrogens is 239 g/mol. The number of nitrogens with zero attached hydrogens (tertiary/aromatic N) is 1. The van der Waals surface area contributed by atoms with E-state index in [1.54, 1.807) is 6.07 Å². The summed E-state index contributed by atoms with van der Waals surface area (Å²) < 4.78 is 13.2. The average molecular weight is 259 g/mol. The van der Waals surface area contributed by atoms with Crippen LogP contribution < -0.4 is 5.32 Å². The predicted octanol–water partition coefficient (Wildman–Crippen LogP) is 2.91. The summed E-state index contributed by atoms with van der Waals surface area (Å²) in [6, 6.07) is 4.92. The van der Waals surface area contributed by atoms with Crippen molar-refractivity contribution in [3.05, 3.63) is 34.6 Å². The molecule has 1 aromatic carbocycles. The molecule has 0 saturated heterocycles. The van der Waals surface area contributed by atoms with Gasteiger partial charge in [-0.25, -0.2) is 4.39 Å². The molecule has 0 spiro atoms. The standard InChI is InChI=1S/C13H20ClFN2/c1-3-17(4-2)8-7-16-10-11-5-6-12(14)13(15)9-11/h5-6,9,16H,3-4,7-8,10H2,1-2H3. The molecule has 0 aliphatic heterocycles. The number of hydrogen-bond acceptors (Lipinski definition) is 2. The van der Waals surface area contributed by atoms with Gasteiger partial charge in [-0.2, -0.15) is 0 Å². The van der Waals surface area contributed by atoms with Gasteiger partial charge in [0.25, 0.3) is 0 Å². The van der Waals surface area contributed by atoms with Gasteiger partial charge < -0.3 is 10.2 Å². The van der Waals surface area contributed by atoms with Crippen LogP contribution in [-0.4, -0.2) is 31.1 Å². The van der Waals surface area contributed by atoms with E-state index >= 15 is 0 Å². The first kappa shape index (κ1) is 14.4. The summed E-state index contributed by atoms with van der Waals surface area (Å²) in [5.74, 6) is -0.352. The zero-order chi connectivity index (χ0) is 12.7. The lowest BCUT2D eigenvalue weighted by Gasteiger charge is -2.18. The molecule has 0 heterocycles. The topological polar surface area (TPSA) is 15.3 Å². The molecule has 0 unspecified atom stereocenters. The summed E-state index contributed by atoms with van der Waals surface area (Å²) in [6.07, 6.45) is 0. The van der Waals surface area contributed by atoms with E-state index in [9.17, 15) is 4.39 Å². The molecule has 0 fully saturated rings. The largest absolute Gasteiger partial charge is 0.311 e. The van der Waals surface area contributed by atoms with Crippen LogP contribution in [0.5, 0.6) is 0 Å². The van der Waals surface area contributed by atoms with E-state index in [0.29, 0.717) is 6.54 Å². The summed E-state index contributed by atoms with van der Waals surface area (Å²) in [5, 5.41) is 3.47. The normalized spacial score (nSPS) is 11.1. The summed E-state index contributed by atoms with van der Waals surface area (Å²) in [5.41, 5.74) is 0.923. The van der Waals surface area contributed by atoms with Crippen LogP contribution in [0.2, 0.25) is 5.02 Å². The zero-order valence-electron chi connectivity index (χ0n) is 10.5. The maximum atomic E-state index is 13.2. The van der Waals surface area contributed by atoms with Crippen molar-refractivity contribution in [2.45, 2.75) is 20.4 Å². The van der Waals surface area contributed by atoms with Crippen molar-refractivity contribution in [1.29, 1.82) is 0 Å². The van der Waals surface area contributed by atoms with Crippen LogP contribution in [0, 0.1) is 5.82 Å². The van der Waals surface area contributed by atoms with Gasteiger partial charge in [0.05, 0.1) is 5.02 Å². The lowest BCUT2D eigenvalue weighted by Crippen LogP contribution is -2.31. The minimum Gasteiger partial charge on any atom is -0.311 e. The second-order valence-electron chi connectivity index (χ2n) is 3.95. The fraction of sp³-hybridized carbons (Fsp3) is 0.538. The Hall–Kier alpha value is -0.640. The van der Waals surface area contributed by atoms with Gasteiger partial charge in [0.15, 0.2) is 0 Å². The highest BCUT2D eigenvalue weighted by Crippen LogP contribution is 2.15. The van der Waals surface area contributed by atoms with Crippen LogP contribution in [0.25, 0.3) is 0 Å². The first-order valence-electron chi connectivity index (χ1n) is 6.04. The van der Waals surface area contributed by atoms with Crippen molar-refractivity contribution < 1.29 is 4.39 Å². The molecule has 0 bridgehead atoms. The van der Waals surface area contributed by atoms with E-state index in [0.717, 1.165) is 31.7 Å². The first-order chi connectivity index (χ1) is 8.17. The van der Waals surface area contributed by atoms with E-state index in [1.165, 1.54) is 6.07 Å². The Labute approximate surface area is 108 Å². The van der Waals surface area contributed by atoms with E-state index in [4.69, 9.17) is 11.6 Å². The molecule has 0 radical (unpaired) electrons. The predicted molar refractivity (Wildman–Crippen MR) is 70.9 cm³/mol. The number of halogens is 2. The van der Waals surface area contributed by atoms with Gasteiger partial charge in [-0.1, -0.05) is 31.5 Å². The van der Waals surface area contributed by atoms with Crippen molar-refractivity contribution in [3.63, 3.8) is 0 Å². The zero-order valence-corrected chi connectivity index (χ0v) is 11.2. The monoisotopic (exact) mass is 258 g/mol. The number of likely N-dealkylation sites (N-methyl/N-ethyl adjacent to an activating group) is 1. The van der Waals surface area contributed by atoms with Gasteiger partial charge in [0.1, 0.15) is 5.82 Å². The molecule has 4 heteroatoms. The maximum Gasteiger partial charge on any atom is 0.142 e. The molecule has 96 valence electrons. The Morgan fingerprint density at radius 1 is 1.29 bits per heavy atom. The van der Waals surface area contributed by atoms with Crippen molar-refractivity contribution >= 4 is 11.6 Å². The molecule has 0 atom stereocenters. The molecule has 0 saturated carbocycles. The van der Waals surface area contributed by atoms with Crippen LogP contribution in [0.4, 0.5) is 4.39 Å². The molecule has 1 rings (SSSR count). The molecule has 0 aliphatic carbocycles. The van der Waals surface area contributed by atoms with Crippen LogP contribution in [0.3, 0.4) is 0 Å². The number of benzene rings is 1. The third kappa shape index (κ3) is 5.02. The van der Waals surface area contributed by atoms with Crippen LogP contribution in [0.15, 0.2) is 18.2 Å². The minimum atomic E-state index is -0.352. The molecule has 2 nitrogen and oxygen atoms in total. The fourth-order valence-corrected chi connectivity index (χ4v) is 1.78. The number of nitrogens with one attached hydrogen (secondary N) is 1. The molecule has 0 aromatic heterocycles. The van der Waals surface area contributed by atoms with E-state index in [2.05, 4.69) is 24.1 Å². The van der Waals surface area contributed by atoms with Crippen molar-refractivity contribution in [2.75, 3.05) is 26.2 Å². The van der Waals surface area contributed by atoms with Gasteiger partial charge in [0, 0.05) is 19.6 Å². The highest BCUT2D eigenvalue weighted by Gasteiger charge is 2.01. The average Bonchev–Trinajstić information content (AvgIpc) is 2.34. The molecular formula is C13H20ClFN2. The third-order valence-corrected chi connectivity index (χ3v) is 3.12. The number of hydrogen-bond donors (Lipinski definition) is 1. The Bertz CT molecular complexity index is 340. The van der Waals surface area contributed by atoms with Crippen molar-refractivity contribution in [1.82, 2.24) is 10.2 Å². The summed E-state index contributed by atoms with van der Waals surface area (Å²) in [4.78, 5) is 2.34. The lowest BCUT2D eigenvalue weighted by atomic mass is 10.2. The Morgan fingerprint density at radius 3 is 2.59 bits per heavy atom. The second kappa shape index (κ2) is 7.64. The summed E-state index contributed by atoms with van der Waals surface area (Å²) >= 11 is 5.62. The van der Waals surface area contributed by atoms with E-state index in [-0.39, 0.29) is 10.8 Å². The van der Waals surface area contributed by atoms with Gasteiger partial charge in [-0.15, -0.1) is 0 Å². The fourth-order valence-electron chi connectivity index (χ4n) is 1.66. The molecule has 1 N–H and O–H groups in total. The SMILES string of the molecule is CCN(CC)CCNCc1ccc(Cl)c(F)c1. The molecule has 1 aromatic rings. The van der Waals surface area contributed by atoms with Gasteiger partial charge in [-0.3, -0.25) is 0 Å². The Balaban J connectivity index is 2.28. The maximum absolute atomic E-state index is 13.2. The van der Waals surface area contributed by atoms with Crippen molar-refractivity contribution in [3.8, 4) is 0 Å². The van der Waals surface area contributed by atoms with Crippen LogP contribution >= 0.6 is 11.6 Å². The summed E-state index contributed by atoms with van der Waals surface area (Å²) in [6.45, 7) is 9.03. The quantitative estimate of drug-likeness (QED) is 0.757. The molecule has 0 amide bonds. The summed E-state index contributed by atoms with van der Waals surface area (Å²) in [7, 11) is 0. The van der Waals surface area contributed by atoms with Crippen molar-refractivity contribution in [2.24, 2.45) is 0 Å². The Morgan fingerprint density at radius 2 is 2.00 bits per heavy atom. The minimum absolute atomic E-state index is 0.178. The molecule has 17 heavy (non-hydrogen) atoms. The van der Waals surface area contributed by atoms with Gasteiger partial charge in [-0.05, 0) is 30.8 Å². The van der Waals surface area contributed by atoms with E-state index < -0.39 is 0 Å². The van der Waals surface area contributed by atoms with Crippen LogP contribution in [0.1, 0.15) is 19.4 Å². The lowest BCUT2D eigenvalue weighted by molar-refractivity contribution is 0.302. The highest BCUT2D eigenvalue weighted by atomic mass is 35.5. The Kier molecular flexibility index (Phi) is 6.48. The highest BCUT2D eigenvalue weighted by molar-refractivity contribution is 6.30. The number of rotatable bonds is 7. The second-order valence-corrected chi connectivity index (χ2v) is 4.36.